The fourth-order valence-corrected chi connectivity index (χ4v) is 2.72. The van der Waals surface area contributed by atoms with Crippen molar-refractivity contribution in [2.24, 2.45) is 0 Å². The van der Waals surface area contributed by atoms with Gasteiger partial charge in [-0.25, -0.2) is 0 Å². The molecule has 0 aromatic carbocycles. The average Bonchev–Trinajstić information content (AvgIpc) is 2.52. The number of ether oxygens (including phenoxy) is 2. The molecule has 6 nitrogen and oxygen atoms in total. The molecule has 6 heteroatoms. The Morgan fingerprint density at radius 1 is 0.864 bits per heavy atom. The first-order valence-electron chi connectivity index (χ1n) is 8.54. The quantitative estimate of drug-likeness (QED) is 0.423. The molecule has 1 saturated heterocycles. The van der Waals surface area contributed by atoms with Gasteiger partial charge in [0.15, 0.2) is 6.29 Å². The molecule has 0 radical (unpaired) electrons. The molecule has 1 aliphatic rings. The highest BCUT2D eigenvalue weighted by Gasteiger charge is 2.44. The third-order valence-electron chi connectivity index (χ3n) is 4.15. The maximum absolute atomic E-state index is 9.96. The summed E-state index contributed by atoms with van der Waals surface area (Å²) in [5.41, 5.74) is 0. The summed E-state index contributed by atoms with van der Waals surface area (Å²) in [4.78, 5) is 0. The number of aliphatic hydroxyl groups is 4. The van der Waals surface area contributed by atoms with Crippen molar-refractivity contribution in [3.8, 4) is 0 Å². The van der Waals surface area contributed by atoms with E-state index in [-0.39, 0.29) is 0 Å². The molecular weight excluding hydrogens is 288 g/mol. The molecule has 1 heterocycles. The maximum atomic E-state index is 9.96. The van der Waals surface area contributed by atoms with Crippen LogP contribution in [0.15, 0.2) is 0 Å². The molecule has 1 aliphatic heterocycles. The van der Waals surface area contributed by atoms with E-state index in [4.69, 9.17) is 14.6 Å². The number of rotatable bonds is 11. The lowest BCUT2D eigenvalue weighted by Gasteiger charge is -2.39. The van der Waals surface area contributed by atoms with Crippen LogP contribution in [-0.4, -0.2) is 64.3 Å². The summed E-state index contributed by atoms with van der Waals surface area (Å²) in [6.07, 6.45) is 3.69. The van der Waals surface area contributed by atoms with Crippen LogP contribution >= 0.6 is 0 Å². The van der Waals surface area contributed by atoms with Gasteiger partial charge in [-0.2, -0.15) is 0 Å². The fourth-order valence-electron chi connectivity index (χ4n) is 2.72. The highest BCUT2D eigenvalue weighted by Crippen LogP contribution is 2.22. The Hall–Kier alpha value is -0.240. The smallest absolute Gasteiger partial charge is 0.184 e. The van der Waals surface area contributed by atoms with E-state index < -0.39 is 37.3 Å². The zero-order valence-corrected chi connectivity index (χ0v) is 13.6. The number of unbranched alkanes of at least 4 members (excludes halogenated alkanes) is 7. The first kappa shape index (κ1) is 19.8. The van der Waals surface area contributed by atoms with Gasteiger partial charge in [-0.1, -0.05) is 51.9 Å². The second kappa shape index (κ2) is 11.3. The van der Waals surface area contributed by atoms with E-state index in [2.05, 4.69) is 6.92 Å². The van der Waals surface area contributed by atoms with Crippen LogP contribution in [0.25, 0.3) is 0 Å². The minimum atomic E-state index is -1.44. The number of hydrogen-bond acceptors (Lipinski definition) is 6. The molecule has 1 rings (SSSR count). The Kier molecular flexibility index (Phi) is 10.2. The van der Waals surface area contributed by atoms with Crippen molar-refractivity contribution in [1.82, 2.24) is 0 Å². The van der Waals surface area contributed by atoms with E-state index in [9.17, 15) is 15.3 Å². The number of hydrogen-bond donors (Lipinski definition) is 4. The molecule has 132 valence electrons. The van der Waals surface area contributed by atoms with Crippen LogP contribution in [0.5, 0.6) is 0 Å². The Morgan fingerprint density at radius 3 is 2.05 bits per heavy atom. The fraction of sp³-hybridized carbons (Fsp3) is 1.00. The van der Waals surface area contributed by atoms with Crippen LogP contribution in [0.1, 0.15) is 58.3 Å². The first-order chi connectivity index (χ1) is 10.6. The van der Waals surface area contributed by atoms with E-state index in [0.717, 1.165) is 19.3 Å². The first-order valence-corrected chi connectivity index (χ1v) is 8.54. The van der Waals surface area contributed by atoms with Gasteiger partial charge in [0, 0.05) is 6.61 Å². The molecule has 0 aromatic heterocycles. The molecular formula is C16H32O6. The van der Waals surface area contributed by atoms with Crippen molar-refractivity contribution >= 4 is 0 Å². The van der Waals surface area contributed by atoms with Gasteiger partial charge in [0.25, 0.3) is 0 Å². The normalized spacial score (nSPS) is 32.3. The van der Waals surface area contributed by atoms with E-state index in [1.165, 1.54) is 32.1 Å². The Balaban J connectivity index is 2.14. The molecule has 0 spiro atoms. The lowest BCUT2D eigenvalue weighted by molar-refractivity contribution is -0.294. The summed E-state index contributed by atoms with van der Waals surface area (Å²) in [5.74, 6) is 0. The Morgan fingerprint density at radius 2 is 1.45 bits per heavy atom. The van der Waals surface area contributed by atoms with Crippen molar-refractivity contribution in [1.29, 1.82) is 0 Å². The summed E-state index contributed by atoms with van der Waals surface area (Å²) in [7, 11) is 0. The van der Waals surface area contributed by atoms with Crippen molar-refractivity contribution in [3.63, 3.8) is 0 Å². The third-order valence-corrected chi connectivity index (χ3v) is 4.15. The molecule has 0 bridgehead atoms. The molecule has 1 unspecified atom stereocenters. The molecule has 5 atom stereocenters. The summed E-state index contributed by atoms with van der Waals surface area (Å²) in [6.45, 7) is 2.19. The van der Waals surface area contributed by atoms with Gasteiger partial charge in [-0.05, 0) is 6.42 Å². The van der Waals surface area contributed by atoms with Crippen molar-refractivity contribution in [3.05, 3.63) is 0 Å². The predicted octanol–water partition coefficient (Wildman–Crippen LogP) is 0.944. The van der Waals surface area contributed by atoms with Crippen molar-refractivity contribution < 1.29 is 29.9 Å². The third kappa shape index (κ3) is 6.48. The average molecular weight is 320 g/mol. The summed E-state index contributed by atoms with van der Waals surface area (Å²) >= 11 is 0. The minimum absolute atomic E-state index is 0.415. The van der Waals surface area contributed by atoms with Gasteiger partial charge in [-0.15, -0.1) is 0 Å². The number of aliphatic hydroxyl groups excluding tert-OH is 4. The predicted molar refractivity (Wildman–Crippen MR) is 82.3 cm³/mol. The highest BCUT2D eigenvalue weighted by atomic mass is 16.6. The van der Waals surface area contributed by atoms with Crippen LogP contribution < -0.4 is 0 Å². The van der Waals surface area contributed by atoms with Gasteiger partial charge in [0.2, 0.25) is 0 Å². The van der Waals surface area contributed by atoms with Crippen molar-refractivity contribution in [2.75, 3.05) is 13.2 Å². The zero-order chi connectivity index (χ0) is 16.4. The molecule has 0 aromatic rings. The Labute approximate surface area is 133 Å². The van der Waals surface area contributed by atoms with E-state index >= 15 is 0 Å². The highest BCUT2D eigenvalue weighted by molar-refractivity contribution is 4.89. The maximum Gasteiger partial charge on any atom is 0.184 e. The molecule has 22 heavy (non-hydrogen) atoms. The van der Waals surface area contributed by atoms with Crippen LogP contribution in [0, 0.1) is 0 Å². The summed E-state index contributed by atoms with van der Waals surface area (Å²) in [5, 5.41) is 38.4. The van der Waals surface area contributed by atoms with E-state index in [1.54, 1.807) is 0 Å². The lowest BCUT2D eigenvalue weighted by atomic mass is 9.99. The Bertz CT molecular complexity index is 275. The van der Waals surface area contributed by atoms with Gasteiger partial charge >= 0.3 is 0 Å². The van der Waals surface area contributed by atoms with E-state index in [1.807, 2.05) is 0 Å². The van der Waals surface area contributed by atoms with Gasteiger partial charge in [-0.3, -0.25) is 0 Å². The summed E-state index contributed by atoms with van der Waals surface area (Å²) in [6, 6.07) is 0. The van der Waals surface area contributed by atoms with Crippen LogP contribution in [-0.2, 0) is 9.47 Å². The standard InChI is InChI=1S/C16H32O6/c1-2-3-4-5-6-7-8-9-10-21-15-13(18)12(11-17)22-16(20)14(15)19/h12-20H,2-11H2,1H3/t12-,13-,14-,15+,16?/m1/s1. The molecule has 4 N–H and O–H groups in total. The second-order valence-corrected chi connectivity index (χ2v) is 6.04. The van der Waals surface area contributed by atoms with Gasteiger partial charge in [0.05, 0.1) is 6.61 Å². The van der Waals surface area contributed by atoms with Gasteiger partial charge in [0.1, 0.15) is 24.4 Å². The SMILES string of the molecule is CCCCCCCCCCO[C@H]1[C@H](O)[C@@H](CO)OC(O)[C@@H]1O. The topological polar surface area (TPSA) is 99.4 Å². The monoisotopic (exact) mass is 320 g/mol. The summed E-state index contributed by atoms with van der Waals surface area (Å²) < 4.78 is 10.4. The lowest BCUT2D eigenvalue weighted by Crippen LogP contribution is -2.59. The van der Waals surface area contributed by atoms with E-state index in [0.29, 0.717) is 6.61 Å². The van der Waals surface area contributed by atoms with Crippen molar-refractivity contribution in [2.45, 2.75) is 89.0 Å². The minimum Gasteiger partial charge on any atom is -0.394 e. The molecule has 0 saturated carbocycles. The second-order valence-electron chi connectivity index (χ2n) is 6.04. The molecule has 0 amide bonds. The van der Waals surface area contributed by atoms with Gasteiger partial charge < -0.3 is 29.9 Å². The molecule has 0 aliphatic carbocycles. The molecule has 1 fully saturated rings. The zero-order valence-electron chi connectivity index (χ0n) is 13.6. The van der Waals surface area contributed by atoms with Crippen LogP contribution in [0.4, 0.5) is 0 Å². The largest absolute Gasteiger partial charge is 0.394 e. The van der Waals surface area contributed by atoms with Crippen LogP contribution in [0.3, 0.4) is 0 Å². The van der Waals surface area contributed by atoms with Crippen LogP contribution in [0.2, 0.25) is 0 Å².